The van der Waals surface area contributed by atoms with E-state index in [0.717, 1.165) is 48.3 Å². The van der Waals surface area contributed by atoms with E-state index in [1.165, 1.54) is 0 Å². The van der Waals surface area contributed by atoms with E-state index in [-0.39, 0.29) is 5.91 Å². The fraction of sp³-hybridized carbons (Fsp3) is 0.462. The number of anilines is 1. The molecule has 1 aromatic carbocycles. The van der Waals surface area contributed by atoms with E-state index >= 15 is 0 Å². The molecule has 1 aliphatic rings. The highest BCUT2D eigenvalue weighted by Gasteiger charge is 2.20. The number of carbonyl (C=O) groups is 1. The number of carbonyl (C=O) groups excluding carboxylic acids is 1. The number of nitrogens with zero attached hydrogens (tertiary/aromatic N) is 1. The van der Waals surface area contributed by atoms with E-state index < -0.39 is 0 Å². The second kappa shape index (κ2) is 4.16. The van der Waals surface area contributed by atoms with Crippen LogP contribution in [0.5, 0.6) is 0 Å². The van der Waals surface area contributed by atoms with Crippen LogP contribution in [0.1, 0.15) is 34.3 Å². The van der Waals surface area contributed by atoms with Crippen LogP contribution in [0.25, 0.3) is 0 Å². The molecule has 0 saturated carbocycles. The third kappa shape index (κ3) is 1.90. The van der Waals surface area contributed by atoms with Crippen molar-refractivity contribution in [2.45, 2.75) is 26.7 Å². The zero-order valence-electron chi connectivity index (χ0n) is 9.92. The summed E-state index contributed by atoms with van der Waals surface area (Å²) in [5.74, 6) is 0.142. The van der Waals surface area contributed by atoms with Gasteiger partial charge in [-0.15, -0.1) is 0 Å². The van der Waals surface area contributed by atoms with Crippen molar-refractivity contribution >= 4 is 11.6 Å². The third-order valence-corrected chi connectivity index (χ3v) is 3.23. The van der Waals surface area contributed by atoms with Gasteiger partial charge in [-0.1, -0.05) is 0 Å². The van der Waals surface area contributed by atoms with Gasteiger partial charge in [0.05, 0.1) is 0 Å². The van der Waals surface area contributed by atoms with Gasteiger partial charge < -0.3 is 10.6 Å². The normalized spacial score (nSPS) is 15.5. The third-order valence-electron chi connectivity index (χ3n) is 3.23. The molecule has 1 fully saturated rings. The Morgan fingerprint density at radius 2 is 1.69 bits per heavy atom. The lowest BCUT2D eigenvalue weighted by atomic mass is 10.0. The molecule has 86 valence electrons. The minimum Gasteiger partial charge on any atom is -0.398 e. The Morgan fingerprint density at radius 1 is 1.19 bits per heavy atom. The van der Waals surface area contributed by atoms with Crippen LogP contribution in [0.3, 0.4) is 0 Å². The van der Waals surface area contributed by atoms with Gasteiger partial charge in [0, 0.05) is 24.3 Å². The van der Waals surface area contributed by atoms with Crippen molar-refractivity contribution in [3.05, 3.63) is 28.8 Å². The summed E-state index contributed by atoms with van der Waals surface area (Å²) in [5, 5.41) is 0. The van der Waals surface area contributed by atoms with Crippen molar-refractivity contribution in [1.82, 2.24) is 4.90 Å². The zero-order chi connectivity index (χ0) is 11.7. The van der Waals surface area contributed by atoms with E-state index in [9.17, 15) is 4.79 Å². The summed E-state index contributed by atoms with van der Waals surface area (Å²) >= 11 is 0. The number of nitrogen functional groups attached to an aromatic ring is 1. The zero-order valence-corrected chi connectivity index (χ0v) is 9.92. The molecule has 16 heavy (non-hydrogen) atoms. The average Bonchev–Trinajstić information content (AvgIpc) is 2.77. The lowest BCUT2D eigenvalue weighted by Crippen LogP contribution is -2.27. The molecule has 0 aliphatic carbocycles. The van der Waals surface area contributed by atoms with Crippen molar-refractivity contribution in [2.75, 3.05) is 18.8 Å². The van der Waals surface area contributed by atoms with Crippen LogP contribution in [-0.4, -0.2) is 23.9 Å². The molecule has 0 radical (unpaired) electrons. The molecule has 3 nitrogen and oxygen atoms in total. The number of aryl methyl sites for hydroxylation is 2. The van der Waals surface area contributed by atoms with Gasteiger partial charge in [0.1, 0.15) is 0 Å². The molecule has 2 N–H and O–H groups in total. The average molecular weight is 218 g/mol. The Morgan fingerprint density at radius 3 is 2.19 bits per heavy atom. The van der Waals surface area contributed by atoms with Crippen LogP contribution in [-0.2, 0) is 0 Å². The van der Waals surface area contributed by atoms with E-state index in [1.807, 2.05) is 30.9 Å². The predicted octanol–water partition coefficient (Wildman–Crippen LogP) is 2.12. The quantitative estimate of drug-likeness (QED) is 0.734. The molecule has 0 spiro atoms. The molecule has 0 atom stereocenters. The van der Waals surface area contributed by atoms with Crippen LogP contribution < -0.4 is 5.73 Å². The molecule has 1 aliphatic heterocycles. The Kier molecular flexibility index (Phi) is 2.86. The fourth-order valence-corrected chi connectivity index (χ4v) is 2.20. The van der Waals surface area contributed by atoms with Crippen LogP contribution in [0.15, 0.2) is 12.1 Å². The van der Waals surface area contributed by atoms with Crippen molar-refractivity contribution in [3.63, 3.8) is 0 Å². The second-order valence-electron chi connectivity index (χ2n) is 4.52. The summed E-state index contributed by atoms with van der Waals surface area (Å²) in [4.78, 5) is 14.1. The predicted molar refractivity (Wildman–Crippen MR) is 65.5 cm³/mol. The maximum absolute atomic E-state index is 12.1. The first-order valence-corrected chi connectivity index (χ1v) is 5.75. The molecule has 0 aromatic heterocycles. The molecular formula is C13H18N2O. The van der Waals surface area contributed by atoms with E-state index in [0.29, 0.717) is 0 Å². The van der Waals surface area contributed by atoms with Gasteiger partial charge in [-0.25, -0.2) is 0 Å². The summed E-state index contributed by atoms with van der Waals surface area (Å²) < 4.78 is 0. The summed E-state index contributed by atoms with van der Waals surface area (Å²) in [7, 11) is 0. The molecule has 0 unspecified atom stereocenters. The number of likely N-dealkylation sites (tertiary alicyclic amines) is 1. The Labute approximate surface area is 96.2 Å². The van der Waals surface area contributed by atoms with Crippen LogP contribution in [0.4, 0.5) is 5.69 Å². The highest BCUT2D eigenvalue weighted by atomic mass is 16.2. The molecule has 1 saturated heterocycles. The topological polar surface area (TPSA) is 46.3 Å². The SMILES string of the molecule is Cc1cc(C(=O)N2CCCC2)cc(C)c1N. The van der Waals surface area contributed by atoms with Gasteiger partial charge >= 0.3 is 0 Å². The first-order valence-electron chi connectivity index (χ1n) is 5.75. The number of hydrogen-bond donors (Lipinski definition) is 1. The minimum atomic E-state index is 0.142. The Hall–Kier alpha value is -1.51. The molecule has 1 amide bonds. The van der Waals surface area contributed by atoms with Crippen molar-refractivity contribution in [2.24, 2.45) is 0 Å². The van der Waals surface area contributed by atoms with Crippen LogP contribution in [0, 0.1) is 13.8 Å². The maximum Gasteiger partial charge on any atom is 0.253 e. The minimum absolute atomic E-state index is 0.142. The van der Waals surface area contributed by atoms with Crippen molar-refractivity contribution in [1.29, 1.82) is 0 Å². The Balaban J connectivity index is 2.29. The van der Waals surface area contributed by atoms with Gasteiger partial charge in [-0.05, 0) is 49.9 Å². The van der Waals surface area contributed by atoms with Gasteiger partial charge in [-0.3, -0.25) is 4.79 Å². The highest BCUT2D eigenvalue weighted by molar-refractivity contribution is 5.95. The molecule has 3 heteroatoms. The number of amides is 1. The summed E-state index contributed by atoms with van der Waals surface area (Å²) in [5.41, 5.74) is 9.42. The monoisotopic (exact) mass is 218 g/mol. The number of benzene rings is 1. The fourth-order valence-electron chi connectivity index (χ4n) is 2.20. The summed E-state index contributed by atoms with van der Waals surface area (Å²) in [6.07, 6.45) is 2.25. The molecule has 1 aromatic rings. The van der Waals surface area contributed by atoms with Crippen LogP contribution >= 0.6 is 0 Å². The van der Waals surface area contributed by atoms with Crippen LogP contribution in [0.2, 0.25) is 0 Å². The van der Waals surface area contributed by atoms with Gasteiger partial charge in [-0.2, -0.15) is 0 Å². The van der Waals surface area contributed by atoms with Gasteiger partial charge in [0.2, 0.25) is 0 Å². The van der Waals surface area contributed by atoms with Crippen molar-refractivity contribution in [3.8, 4) is 0 Å². The largest absolute Gasteiger partial charge is 0.398 e. The van der Waals surface area contributed by atoms with E-state index in [4.69, 9.17) is 5.73 Å². The lowest BCUT2D eigenvalue weighted by molar-refractivity contribution is 0.0792. The summed E-state index contributed by atoms with van der Waals surface area (Å²) in [6.45, 7) is 5.68. The van der Waals surface area contributed by atoms with Crippen molar-refractivity contribution < 1.29 is 4.79 Å². The highest BCUT2D eigenvalue weighted by Crippen LogP contribution is 2.21. The number of hydrogen-bond acceptors (Lipinski definition) is 2. The molecule has 0 bridgehead atoms. The maximum atomic E-state index is 12.1. The lowest BCUT2D eigenvalue weighted by Gasteiger charge is -2.16. The standard InChI is InChI=1S/C13H18N2O/c1-9-7-11(8-10(2)12(9)14)13(16)15-5-3-4-6-15/h7-8H,3-6,14H2,1-2H3. The Bertz CT molecular complexity index is 397. The number of nitrogens with two attached hydrogens (primary N) is 1. The van der Waals surface area contributed by atoms with Gasteiger partial charge in [0.25, 0.3) is 5.91 Å². The first-order chi connectivity index (χ1) is 7.59. The molecule has 1 heterocycles. The van der Waals surface area contributed by atoms with E-state index in [2.05, 4.69) is 0 Å². The molecular weight excluding hydrogens is 200 g/mol. The smallest absolute Gasteiger partial charge is 0.253 e. The number of rotatable bonds is 1. The van der Waals surface area contributed by atoms with E-state index in [1.54, 1.807) is 0 Å². The molecule has 2 rings (SSSR count). The first kappa shape index (κ1) is 11.0. The summed E-state index contributed by atoms with van der Waals surface area (Å²) in [6, 6.07) is 3.78. The second-order valence-corrected chi connectivity index (χ2v) is 4.52. The van der Waals surface area contributed by atoms with Gasteiger partial charge in [0.15, 0.2) is 0 Å².